The quantitative estimate of drug-likeness (QED) is 0.456. The molecule has 1 aliphatic rings. The molecule has 0 amide bonds. The second-order valence-electron chi connectivity index (χ2n) is 8.98. The highest BCUT2D eigenvalue weighted by Gasteiger charge is 2.20. The van der Waals surface area contributed by atoms with Crippen LogP contribution in [-0.4, -0.2) is 27.5 Å². The summed E-state index contributed by atoms with van der Waals surface area (Å²) in [6.07, 6.45) is 7.35. The molecule has 5 heterocycles. The number of imidazole rings is 1. The number of hydrogen-bond donors (Lipinski definition) is 0. The maximum absolute atomic E-state index is 12.8. The van der Waals surface area contributed by atoms with E-state index in [1.165, 1.54) is 6.42 Å². The van der Waals surface area contributed by atoms with E-state index in [1.54, 1.807) is 0 Å². The largest absolute Gasteiger partial charge is 0.403 e. The molecule has 0 radical (unpaired) electrons. The molecule has 4 aromatic heterocycles. The van der Waals surface area contributed by atoms with Gasteiger partial charge in [-0.1, -0.05) is 13.8 Å². The van der Waals surface area contributed by atoms with Crippen LogP contribution in [0.4, 0.5) is 5.82 Å². The Kier molecular flexibility index (Phi) is 5.00. The first kappa shape index (κ1) is 19.8. The Balaban J connectivity index is 1.48. The molecule has 6 heteroatoms. The van der Waals surface area contributed by atoms with Gasteiger partial charge in [0.05, 0.1) is 11.3 Å². The molecule has 4 aromatic rings. The standard InChI is InChI=1S/C25H28N4O2/c1-16-8-11-29-15-21(26-23(29)13-16)20-14-19-6-7-22(27-24(19)31-25(20)30)28-10-4-5-17(2)18(3)9-12-28/h6-8,11,13-15,17-18H,4-5,9-10,12H2,1-3H3. The number of nitrogens with zero attached hydrogens (tertiary/aromatic N) is 4. The van der Waals surface area contributed by atoms with E-state index in [0.29, 0.717) is 22.9 Å². The van der Waals surface area contributed by atoms with E-state index in [1.807, 2.05) is 54.0 Å². The van der Waals surface area contributed by atoms with Crippen LogP contribution in [0.5, 0.6) is 0 Å². The summed E-state index contributed by atoms with van der Waals surface area (Å²) in [5.74, 6) is 2.36. The Morgan fingerprint density at radius 1 is 1.03 bits per heavy atom. The SMILES string of the molecule is Cc1ccn2cc(-c3cc4ccc(N5CCCC(C)C(C)CC5)nc4oc3=O)nc2c1. The fraction of sp³-hybridized carbons (Fsp3) is 0.400. The van der Waals surface area contributed by atoms with Gasteiger partial charge >= 0.3 is 5.63 Å². The van der Waals surface area contributed by atoms with Crippen LogP contribution in [0.3, 0.4) is 0 Å². The molecule has 0 bridgehead atoms. The van der Waals surface area contributed by atoms with Gasteiger partial charge in [-0.25, -0.2) is 9.78 Å². The third-order valence-electron chi connectivity index (χ3n) is 6.71. The molecule has 5 rings (SSSR count). The molecule has 1 saturated heterocycles. The normalized spacial score (nSPS) is 20.2. The van der Waals surface area contributed by atoms with Crippen molar-refractivity contribution in [1.29, 1.82) is 0 Å². The van der Waals surface area contributed by atoms with Gasteiger partial charge in [0, 0.05) is 30.9 Å². The van der Waals surface area contributed by atoms with E-state index in [2.05, 4.69) is 23.7 Å². The molecular formula is C25H28N4O2. The molecule has 1 fully saturated rings. The van der Waals surface area contributed by atoms with Crippen LogP contribution in [0.1, 0.15) is 38.7 Å². The zero-order valence-corrected chi connectivity index (χ0v) is 18.3. The van der Waals surface area contributed by atoms with Gasteiger partial charge in [-0.05, 0) is 73.9 Å². The van der Waals surface area contributed by atoms with Gasteiger partial charge in [0.1, 0.15) is 11.5 Å². The predicted octanol–water partition coefficient (Wildman–Crippen LogP) is 5.07. The van der Waals surface area contributed by atoms with Gasteiger partial charge in [0.25, 0.3) is 0 Å². The zero-order chi connectivity index (χ0) is 21.5. The summed E-state index contributed by atoms with van der Waals surface area (Å²) >= 11 is 0. The van der Waals surface area contributed by atoms with Crippen LogP contribution >= 0.6 is 0 Å². The molecule has 2 unspecified atom stereocenters. The molecular weight excluding hydrogens is 388 g/mol. The number of aromatic nitrogens is 3. The van der Waals surface area contributed by atoms with Crippen LogP contribution in [0.15, 0.2) is 51.9 Å². The number of fused-ring (bicyclic) bond motifs is 2. The highest BCUT2D eigenvalue weighted by Crippen LogP contribution is 2.27. The third-order valence-corrected chi connectivity index (χ3v) is 6.71. The summed E-state index contributed by atoms with van der Waals surface area (Å²) in [6, 6.07) is 9.87. The van der Waals surface area contributed by atoms with E-state index in [9.17, 15) is 4.79 Å². The lowest BCUT2D eigenvalue weighted by Gasteiger charge is -2.31. The predicted molar refractivity (Wildman–Crippen MR) is 124 cm³/mol. The number of aryl methyl sites for hydroxylation is 1. The lowest BCUT2D eigenvalue weighted by molar-refractivity contribution is 0.322. The van der Waals surface area contributed by atoms with E-state index < -0.39 is 5.63 Å². The Hall–Kier alpha value is -3.15. The molecule has 31 heavy (non-hydrogen) atoms. The average Bonchev–Trinajstić information content (AvgIpc) is 3.16. The van der Waals surface area contributed by atoms with Crippen LogP contribution in [-0.2, 0) is 0 Å². The van der Waals surface area contributed by atoms with Crippen molar-refractivity contribution in [1.82, 2.24) is 14.4 Å². The molecule has 1 aliphatic heterocycles. The van der Waals surface area contributed by atoms with Gasteiger partial charge in [-0.2, -0.15) is 4.98 Å². The molecule has 0 saturated carbocycles. The van der Waals surface area contributed by atoms with E-state index in [0.717, 1.165) is 54.3 Å². The van der Waals surface area contributed by atoms with E-state index >= 15 is 0 Å². The molecule has 160 valence electrons. The van der Waals surface area contributed by atoms with E-state index in [4.69, 9.17) is 9.40 Å². The lowest BCUT2D eigenvalue weighted by atomic mass is 9.87. The minimum atomic E-state index is -0.410. The third kappa shape index (κ3) is 3.82. The van der Waals surface area contributed by atoms with Crippen LogP contribution < -0.4 is 10.5 Å². The molecule has 6 nitrogen and oxygen atoms in total. The zero-order valence-electron chi connectivity index (χ0n) is 18.3. The molecule has 2 atom stereocenters. The van der Waals surface area contributed by atoms with Crippen molar-refractivity contribution in [3.05, 3.63) is 58.7 Å². The van der Waals surface area contributed by atoms with Crippen LogP contribution in [0, 0.1) is 18.8 Å². The first-order chi connectivity index (χ1) is 15.0. The minimum absolute atomic E-state index is 0.384. The Labute approximate surface area is 181 Å². The van der Waals surface area contributed by atoms with Crippen molar-refractivity contribution >= 4 is 22.6 Å². The lowest BCUT2D eigenvalue weighted by Crippen LogP contribution is -2.31. The Morgan fingerprint density at radius 3 is 2.74 bits per heavy atom. The highest BCUT2D eigenvalue weighted by atomic mass is 16.4. The first-order valence-corrected chi connectivity index (χ1v) is 11.1. The Bertz CT molecular complexity index is 1310. The Morgan fingerprint density at radius 2 is 1.87 bits per heavy atom. The summed E-state index contributed by atoms with van der Waals surface area (Å²) in [5.41, 5.74) is 2.97. The van der Waals surface area contributed by atoms with Crippen molar-refractivity contribution in [2.45, 2.75) is 40.0 Å². The van der Waals surface area contributed by atoms with Gasteiger partial charge < -0.3 is 13.7 Å². The average molecular weight is 417 g/mol. The summed E-state index contributed by atoms with van der Waals surface area (Å²) in [6.45, 7) is 8.68. The van der Waals surface area contributed by atoms with Gasteiger partial charge in [-0.3, -0.25) is 0 Å². The maximum atomic E-state index is 12.8. The van der Waals surface area contributed by atoms with Gasteiger partial charge in [-0.15, -0.1) is 0 Å². The fourth-order valence-electron chi connectivity index (χ4n) is 4.43. The molecule has 0 spiro atoms. The van der Waals surface area contributed by atoms with Crippen molar-refractivity contribution in [2.75, 3.05) is 18.0 Å². The van der Waals surface area contributed by atoms with Crippen molar-refractivity contribution in [3.8, 4) is 11.3 Å². The molecule has 0 N–H and O–H groups in total. The number of hydrogen-bond acceptors (Lipinski definition) is 5. The number of pyridine rings is 2. The number of anilines is 1. The van der Waals surface area contributed by atoms with Crippen LogP contribution in [0.2, 0.25) is 0 Å². The van der Waals surface area contributed by atoms with Crippen molar-refractivity contribution < 1.29 is 4.42 Å². The monoisotopic (exact) mass is 416 g/mol. The highest BCUT2D eigenvalue weighted by molar-refractivity contribution is 5.80. The topological polar surface area (TPSA) is 63.6 Å². The van der Waals surface area contributed by atoms with E-state index in [-0.39, 0.29) is 0 Å². The summed E-state index contributed by atoms with van der Waals surface area (Å²) in [5, 5.41) is 0.806. The summed E-state index contributed by atoms with van der Waals surface area (Å²) < 4.78 is 7.56. The second-order valence-corrected chi connectivity index (χ2v) is 8.98. The van der Waals surface area contributed by atoms with Crippen LogP contribution in [0.25, 0.3) is 28.0 Å². The summed E-state index contributed by atoms with van der Waals surface area (Å²) in [4.78, 5) is 24.4. The van der Waals surface area contributed by atoms with Gasteiger partial charge in [0.15, 0.2) is 0 Å². The molecule has 0 aliphatic carbocycles. The van der Waals surface area contributed by atoms with Crippen molar-refractivity contribution in [2.24, 2.45) is 11.8 Å². The molecule has 0 aromatic carbocycles. The fourth-order valence-corrected chi connectivity index (χ4v) is 4.43. The smallest absolute Gasteiger partial charge is 0.347 e. The van der Waals surface area contributed by atoms with Gasteiger partial charge in [0.2, 0.25) is 5.71 Å². The number of rotatable bonds is 2. The maximum Gasteiger partial charge on any atom is 0.347 e. The summed E-state index contributed by atoms with van der Waals surface area (Å²) in [7, 11) is 0. The minimum Gasteiger partial charge on any atom is -0.403 e. The second kappa shape index (κ2) is 7.84. The first-order valence-electron chi connectivity index (χ1n) is 11.1. The van der Waals surface area contributed by atoms with Crippen molar-refractivity contribution in [3.63, 3.8) is 0 Å².